The highest BCUT2D eigenvalue weighted by molar-refractivity contribution is 5.73. The van der Waals surface area contributed by atoms with Crippen LogP contribution in [0.15, 0.2) is 48.5 Å². The second kappa shape index (κ2) is 9.91. The lowest BCUT2D eigenvalue weighted by Crippen LogP contribution is -3.15. The fourth-order valence-electron chi connectivity index (χ4n) is 3.60. The molecule has 1 saturated heterocycles. The minimum absolute atomic E-state index is 0.0781. The number of carbonyl (C=O) groups is 1. The van der Waals surface area contributed by atoms with Gasteiger partial charge in [0.05, 0.1) is 32.8 Å². The highest BCUT2D eigenvalue weighted by Crippen LogP contribution is 2.26. The van der Waals surface area contributed by atoms with E-state index in [2.05, 4.69) is 0 Å². The average molecular weight is 405 g/mol. The SMILES string of the molecule is CC(=O)N1CC[NH+](C[C@H](O)COC(c2ccc(F)cc2)c2ccc(F)cc2)CC1. The van der Waals surface area contributed by atoms with E-state index < -0.39 is 12.2 Å². The first-order valence-corrected chi connectivity index (χ1v) is 9.82. The molecule has 156 valence electrons. The number of amides is 1. The summed E-state index contributed by atoms with van der Waals surface area (Å²) in [7, 11) is 0. The van der Waals surface area contributed by atoms with E-state index in [0.29, 0.717) is 19.6 Å². The van der Waals surface area contributed by atoms with Crippen molar-refractivity contribution in [2.24, 2.45) is 0 Å². The molecule has 0 aliphatic carbocycles. The quantitative estimate of drug-likeness (QED) is 0.728. The molecule has 2 N–H and O–H groups in total. The summed E-state index contributed by atoms with van der Waals surface area (Å²) in [4.78, 5) is 14.4. The second-order valence-corrected chi connectivity index (χ2v) is 7.43. The Bertz CT molecular complexity index is 745. The highest BCUT2D eigenvalue weighted by Gasteiger charge is 2.24. The molecular weight excluding hydrogens is 378 g/mol. The van der Waals surface area contributed by atoms with Crippen LogP contribution in [0.3, 0.4) is 0 Å². The molecule has 0 aromatic heterocycles. The van der Waals surface area contributed by atoms with Crippen LogP contribution in [0.1, 0.15) is 24.2 Å². The van der Waals surface area contributed by atoms with E-state index in [1.54, 1.807) is 31.2 Å². The average Bonchev–Trinajstić information content (AvgIpc) is 2.71. The molecule has 0 saturated carbocycles. The predicted molar refractivity (Wildman–Crippen MR) is 104 cm³/mol. The molecule has 1 aliphatic heterocycles. The summed E-state index contributed by atoms with van der Waals surface area (Å²) in [5.41, 5.74) is 1.46. The lowest BCUT2D eigenvalue weighted by atomic mass is 10.0. The van der Waals surface area contributed by atoms with Crippen LogP contribution in [0.5, 0.6) is 0 Å². The first kappa shape index (κ1) is 21.4. The highest BCUT2D eigenvalue weighted by atomic mass is 19.1. The van der Waals surface area contributed by atoms with Crippen molar-refractivity contribution in [3.8, 4) is 0 Å². The van der Waals surface area contributed by atoms with Gasteiger partial charge in [-0.2, -0.15) is 0 Å². The molecule has 0 bridgehead atoms. The lowest BCUT2D eigenvalue weighted by Gasteiger charge is -2.32. The molecule has 3 rings (SSSR count). The molecule has 29 heavy (non-hydrogen) atoms. The van der Waals surface area contributed by atoms with Gasteiger partial charge in [-0.15, -0.1) is 0 Å². The Morgan fingerprint density at radius 3 is 1.97 bits per heavy atom. The van der Waals surface area contributed by atoms with Crippen LogP contribution in [-0.4, -0.2) is 61.3 Å². The van der Waals surface area contributed by atoms with Crippen LogP contribution >= 0.6 is 0 Å². The summed E-state index contributed by atoms with van der Waals surface area (Å²) in [5, 5.41) is 10.5. The normalized spacial score (nSPS) is 16.2. The number of carbonyl (C=O) groups excluding carboxylic acids is 1. The smallest absolute Gasteiger partial charge is 0.219 e. The fraction of sp³-hybridized carbons (Fsp3) is 0.409. The van der Waals surface area contributed by atoms with E-state index in [1.165, 1.54) is 29.2 Å². The van der Waals surface area contributed by atoms with Crippen molar-refractivity contribution in [1.29, 1.82) is 0 Å². The molecule has 1 aliphatic rings. The molecular formula is C22H27F2N2O3+. The van der Waals surface area contributed by atoms with Crippen molar-refractivity contribution in [1.82, 2.24) is 4.90 Å². The Morgan fingerprint density at radius 2 is 1.52 bits per heavy atom. The lowest BCUT2D eigenvalue weighted by molar-refractivity contribution is -0.907. The number of aliphatic hydroxyl groups excluding tert-OH is 1. The molecule has 5 nitrogen and oxygen atoms in total. The van der Waals surface area contributed by atoms with Crippen molar-refractivity contribution < 1.29 is 28.3 Å². The predicted octanol–water partition coefficient (Wildman–Crippen LogP) is 1.18. The van der Waals surface area contributed by atoms with Gasteiger partial charge in [0.2, 0.25) is 5.91 Å². The maximum absolute atomic E-state index is 13.3. The van der Waals surface area contributed by atoms with E-state index in [0.717, 1.165) is 24.2 Å². The number of benzene rings is 2. The number of hydrogen-bond acceptors (Lipinski definition) is 3. The maximum Gasteiger partial charge on any atom is 0.219 e. The molecule has 0 spiro atoms. The molecule has 2 aromatic carbocycles. The first-order chi connectivity index (χ1) is 13.9. The topological polar surface area (TPSA) is 54.2 Å². The van der Waals surface area contributed by atoms with Crippen LogP contribution in [0.25, 0.3) is 0 Å². The minimum Gasteiger partial charge on any atom is -0.385 e. The largest absolute Gasteiger partial charge is 0.385 e. The van der Waals surface area contributed by atoms with Crippen molar-refractivity contribution in [3.63, 3.8) is 0 Å². The third kappa shape index (κ3) is 6.06. The van der Waals surface area contributed by atoms with E-state index in [4.69, 9.17) is 4.74 Å². The Labute approximate surface area is 169 Å². The van der Waals surface area contributed by atoms with Crippen LogP contribution in [-0.2, 0) is 9.53 Å². The van der Waals surface area contributed by atoms with Crippen molar-refractivity contribution >= 4 is 5.91 Å². The van der Waals surface area contributed by atoms with Crippen molar-refractivity contribution in [2.75, 3.05) is 39.3 Å². The van der Waals surface area contributed by atoms with E-state index in [1.807, 2.05) is 4.90 Å². The summed E-state index contributed by atoms with van der Waals surface area (Å²) < 4.78 is 32.6. The molecule has 1 amide bonds. The molecule has 1 fully saturated rings. The van der Waals surface area contributed by atoms with Gasteiger partial charge in [-0.25, -0.2) is 8.78 Å². The van der Waals surface area contributed by atoms with Crippen molar-refractivity contribution in [3.05, 3.63) is 71.3 Å². The van der Waals surface area contributed by atoms with E-state index in [-0.39, 0.29) is 24.1 Å². The van der Waals surface area contributed by atoms with Gasteiger partial charge in [-0.3, -0.25) is 4.79 Å². The Morgan fingerprint density at radius 1 is 1.03 bits per heavy atom. The van der Waals surface area contributed by atoms with Gasteiger partial charge >= 0.3 is 0 Å². The first-order valence-electron chi connectivity index (χ1n) is 9.82. The molecule has 2 aromatic rings. The summed E-state index contributed by atoms with van der Waals surface area (Å²) in [6.45, 7) is 5.13. The standard InChI is InChI=1S/C22H26F2N2O3/c1-16(27)26-12-10-25(11-13-26)14-21(28)15-29-22(17-2-6-19(23)7-3-17)18-4-8-20(24)9-5-18/h2-9,21-22,28H,10-15H2,1H3/p+1/t21-/m0/s1. The summed E-state index contributed by atoms with van der Waals surface area (Å²) in [6, 6.07) is 11.9. The Balaban J connectivity index is 1.60. The van der Waals surface area contributed by atoms with Gasteiger partial charge in [0, 0.05) is 6.92 Å². The monoisotopic (exact) mass is 405 g/mol. The number of hydrogen-bond donors (Lipinski definition) is 2. The molecule has 1 atom stereocenters. The number of piperazine rings is 1. The second-order valence-electron chi connectivity index (χ2n) is 7.43. The van der Waals surface area contributed by atoms with Gasteiger partial charge in [0.25, 0.3) is 0 Å². The number of rotatable bonds is 7. The zero-order valence-corrected chi connectivity index (χ0v) is 16.5. The Kier molecular flexibility index (Phi) is 7.30. The van der Waals surface area contributed by atoms with Crippen LogP contribution in [0.2, 0.25) is 0 Å². The summed E-state index contributed by atoms with van der Waals surface area (Å²) in [5.74, 6) is -0.616. The maximum atomic E-state index is 13.3. The van der Waals surface area contributed by atoms with Gasteiger partial charge in [-0.1, -0.05) is 24.3 Å². The minimum atomic E-state index is -0.683. The third-order valence-electron chi connectivity index (χ3n) is 5.24. The Hall–Kier alpha value is -2.35. The number of nitrogens with one attached hydrogen (secondary N) is 1. The summed E-state index contributed by atoms with van der Waals surface area (Å²) in [6.07, 6.45) is -1.22. The van der Waals surface area contributed by atoms with Gasteiger partial charge in [0.15, 0.2) is 0 Å². The molecule has 0 unspecified atom stereocenters. The van der Waals surface area contributed by atoms with Gasteiger partial charge in [0.1, 0.15) is 30.4 Å². The fourth-order valence-corrected chi connectivity index (χ4v) is 3.60. The zero-order chi connectivity index (χ0) is 20.8. The van der Waals surface area contributed by atoms with E-state index >= 15 is 0 Å². The number of ether oxygens (including phenoxy) is 1. The molecule has 7 heteroatoms. The number of nitrogens with zero attached hydrogens (tertiary/aromatic N) is 1. The zero-order valence-electron chi connectivity index (χ0n) is 16.5. The number of halogens is 2. The van der Waals surface area contributed by atoms with Crippen molar-refractivity contribution in [2.45, 2.75) is 19.1 Å². The van der Waals surface area contributed by atoms with Crippen LogP contribution in [0.4, 0.5) is 8.78 Å². The molecule has 0 radical (unpaired) electrons. The van der Waals surface area contributed by atoms with Gasteiger partial charge < -0.3 is 19.6 Å². The van der Waals surface area contributed by atoms with Gasteiger partial charge in [-0.05, 0) is 35.4 Å². The number of aliphatic hydroxyl groups is 1. The third-order valence-corrected chi connectivity index (χ3v) is 5.24. The number of quaternary nitrogens is 1. The van der Waals surface area contributed by atoms with Crippen LogP contribution in [0, 0.1) is 11.6 Å². The molecule has 1 heterocycles. The van der Waals surface area contributed by atoms with E-state index in [9.17, 15) is 18.7 Å². The van der Waals surface area contributed by atoms with Crippen LogP contribution < -0.4 is 4.90 Å². The summed E-state index contributed by atoms with van der Waals surface area (Å²) >= 11 is 0.